The van der Waals surface area contributed by atoms with E-state index in [1.807, 2.05) is 0 Å². The average Bonchev–Trinajstić information content (AvgIpc) is 2.20. The van der Waals surface area contributed by atoms with Gasteiger partial charge in [0.25, 0.3) is 0 Å². The molecule has 4 heteroatoms. The van der Waals surface area contributed by atoms with Gasteiger partial charge < -0.3 is 10.5 Å². The fourth-order valence-electron chi connectivity index (χ4n) is 1.12. The molecular weight excluding hydrogens is 188 g/mol. The van der Waals surface area contributed by atoms with Gasteiger partial charge in [-0.15, -0.1) is 0 Å². The predicted octanol–water partition coefficient (Wildman–Crippen LogP) is 1.95. The second-order valence-electron chi connectivity index (χ2n) is 2.75. The first kappa shape index (κ1) is 10.7. The van der Waals surface area contributed by atoms with Crippen LogP contribution < -0.4 is 10.5 Å². The molecule has 2 N–H and O–H groups in total. The lowest BCUT2D eigenvalue weighted by Gasteiger charge is -2.10. The first-order valence-corrected chi connectivity index (χ1v) is 4.02. The number of hydrogen-bond acceptors (Lipinski definition) is 2. The number of halogens is 2. The molecular formula is C10H11F2NO. The highest BCUT2D eigenvalue weighted by atomic mass is 19.2. The van der Waals surface area contributed by atoms with Gasteiger partial charge in [-0.3, -0.25) is 0 Å². The minimum atomic E-state index is -1.01. The SMILES string of the molecule is C=C(CN)c1ccc(F)c(F)c1OC. The van der Waals surface area contributed by atoms with Gasteiger partial charge in [0.1, 0.15) is 0 Å². The quantitative estimate of drug-likeness (QED) is 0.807. The van der Waals surface area contributed by atoms with E-state index in [0.29, 0.717) is 11.1 Å². The molecule has 1 rings (SSSR count). The van der Waals surface area contributed by atoms with Crippen molar-refractivity contribution in [2.45, 2.75) is 0 Å². The zero-order chi connectivity index (χ0) is 10.7. The van der Waals surface area contributed by atoms with Crippen molar-refractivity contribution < 1.29 is 13.5 Å². The highest BCUT2D eigenvalue weighted by Gasteiger charge is 2.15. The van der Waals surface area contributed by atoms with E-state index < -0.39 is 11.6 Å². The molecule has 0 heterocycles. The monoisotopic (exact) mass is 199 g/mol. The van der Waals surface area contributed by atoms with Crippen LogP contribution in [0.4, 0.5) is 8.78 Å². The van der Waals surface area contributed by atoms with Gasteiger partial charge in [-0.2, -0.15) is 4.39 Å². The van der Waals surface area contributed by atoms with E-state index in [1.165, 1.54) is 13.2 Å². The Morgan fingerprint density at radius 1 is 1.50 bits per heavy atom. The van der Waals surface area contributed by atoms with Crippen LogP contribution in [0.15, 0.2) is 18.7 Å². The van der Waals surface area contributed by atoms with Crippen molar-refractivity contribution >= 4 is 5.57 Å². The highest BCUT2D eigenvalue weighted by molar-refractivity contribution is 5.70. The number of nitrogens with two attached hydrogens (primary N) is 1. The zero-order valence-corrected chi connectivity index (χ0v) is 7.81. The fourth-order valence-corrected chi connectivity index (χ4v) is 1.12. The van der Waals surface area contributed by atoms with Crippen molar-refractivity contribution in [1.82, 2.24) is 0 Å². The van der Waals surface area contributed by atoms with Crippen molar-refractivity contribution in [3.05, 3.63) is 35.9 Å². The Bertz CT molecular complexity index is 363. The molecule has 2 nitrogen and oxygen atoms in total. The summed E-state index contributed by atoms with van der Waals surface area (Å²) in [4.78, 5) is 0. The molecule has 0 radical (unpaired) electrons. The summed E-state index contributed by atoms with van der Waals surface area (Å²) in [5, 5.41) is 0. The number of rotatable bonds is 3. The van der Waals surface area contributed by atoms with Gasteiger partial charge in [-0.05, 0) is 17.7 Å². The Morgan fingerprint density at radius 2 is 2.14 bits per heavy atom. The van der Waals surface area contributed by atoms with Gasteiger partial charge in [-0.1, -0.05) is 6.58 Å². The maximum atomic E-state index is 13.2. The molecule has 0 bridgehead atoms. The Balaban J connectivity index is 3.31. The summed E-state index contributed by atoms with van der Waals surface area (Å²) in [5.74, 6) is -2.12. The minimum absolute atomic E-state index is 0.152. The van der Waals surface area contributed by atoms with Crippen LogP contribution >= 0.6 is 0 Å². The summed E-state index contributed by atoms with van der Waals surface area (Å²) in [5.41, 5.74) is 6.24. The molecule has 0 amide bonds. The molecule has 76 valence electrons. The summed E-state index contributed by atoms with van der Waals surface area (Å²) in [6.45, 7) is 3.80. The second kappa shape index (κ2) is 4.19. The summed E-state index contributed by atoms with van der Waals surface area (Å²) in [7, 11) is 1.27. The molecule has 0 saturated carbocycles. The molecule has 0 aliphatic heterocycles. The van der Waals surface area contributed by atoms with E-state index in [9.17, 15) is 8.78 Å². The van der Waals surface area contributed by atoms with Crippen molar-refractivity contribution in [3.63, 3.8) is 0 Å². The first-order chi connectivity index (χ1) is 6.61. The van der Waals surface area contributed by atoms with E-state index in [1.54, 1.807) is 0 Å². The number of benzene rings is 1. The first-order valence-electron chi connectivity index (χ1n) is 4.02. The lowest BCUT2D eigenvalue weighted by Crippen LogP contribution is -2.04. The zero-order valence-electron chi connectivity index (χ0n) is 7.81. The molecule has 14 heavy (non-hydrogen) atoms. The number of ether oxygens (including phenoxy) is 1. The summed E-state index contributed by atoms with van der Waals surface area (Å²) in [6, 6.07) is 2.42. The minimum Gasteiger partial charge on any atom is -0.493 e. The van der Waals surface area contributed by atoms with E-state index in [0.717, 1.165) is 6.07 Å². The standard InChI is InChI=1S/C10H11F2NO/c1-6(5-13)7-3-4-8(11)9(12)10(7)14-2/h3-4H,1,5,13H2,2H3. The number of methoxy groups -OCH3 is 1. The van der Waals surface area contributed by atoms with Gasteiger partial charge in [0.05, 0.1) is 7.11 Å². The Labute approximate surface area is 81.0 Å². The van der Waals surface area contributed by atoms with Gasteiger partial charge in [0, 0.05) is 12.1 Å². The largest absolute Gasteiger partial charge is 0.493 e. The topological polar surface area (TPSA) is 35.2 Å². The number of hydrogen-bond donors (Lipinski definition) is 1. The van der Waals surface area contributed by atoms with Gasteiger partial charge in [0.2, 0.25) is 5.82 Å². The van der Waals surface area contributed by atoms with Crippen LogP contribution in [0.2, 0.25) is 0 Å². The van der Waals surface area contributed by atoms with Crippen LogP contribution in [0, 0.1) is 11.6 Å². The van der Waals surface area contributed by atoms with Crippen LogP contribution in [0.25, 0.3) is 5.57 Å². The molecule has 0 unspecified atom stereocenters. The van der Waals surface area contributed by atoms with Crippen molar-refractivity contribution in [3.8, 4) is 5.75 Å². The third kappa shape index (κ3) is 1.75. The van der Waals surface area contributed by atoms with Gasteiger partial charge in [0.15, 0.2) is 11.6 Å². The van der Waals surface area contributed by atoms with E-state index in [-0.39, 0.29) is 12.3 Å². The highest BCUT2D eigenvalue weighted by Crippen LogP contribution is 2.28. The van der Waals surface area contributed by atoms with E-state index in [4.69, 9.17) is 10.5 Å². The van der Waals surface area contributed by atoms with E-state index in [2.05, 4.69) is 6.58 Å². The molecule has 0 spiro atoms. The third-order valence-electron chi connectivity index (χ3n) is 1.88. The van der Waals surface area contributed by atoms with Gasteiger partial charge >= 0.3 is 0 Å². The molecule has 0 saturated heterocycles. The predicted molar refractivity (Wildman–Crippen MR) is 51.0 cm³/mol. The van der Waals surface area contributed by atoms with Crippen LogP contribution in [0.5, 0.6) is 5.75 Å². The molecule has 0 aliphatic carbocycles. The van der Waals surface area contributed by atoms with Crippen LogP contribution in [0.3, 0.4) is 0 Å². The smallest absolute Gasteiger partial charge is 0.201 e. The maximum absolute atomic E-state index is 13.2. The molecule has 0 atom stereocenters. The van der Waals surface area contributed by atoms with Crippen LogP contribution in [-0.4, -0.2) is 13.7 Å². The van der Waals surface area contributed by atoms with Crippen molar-refractivity contribution in [1.29, 1.82) is 0 Å². The summed E-state index contributed by atoms with van der Waals surface area (Å²) in [6.07, 6.45) is 0. The molecule has 1 aromatic rings. The average molecular weight is 199 g/mol. The third-order valence-corrected chi connectivity index (χ3v) is 1.88. The van der Waals surface area contributed by atoms with E-state index >= 15 is 0 Å². The molecule has 1 aromatic carbocycles. The summed E-state index contributed by atoms with van der Waals surface area (Å²) >= 11 is 0. The second-order valence-corrected chi connectivity index (χ2v) is 2.75. The Hall–Kier alpha value is -1.42. The van der Waals surface area contributed by atoms with Crippen LogP contribution in [-0.2, 0) is 0 Å². The Kier molecular flexibility index (Phi) is 3.19. The van der Waals surface area contributed by atoms with Gasteiger partial charge in [-0.25, -0.2) is 4.39 Å². The lowest BCUT2D eigenvalue weighted by molar-refractivity contribution is 0.370. The van der Waals surface area contributed by atoms with Crippen LogP contribution in [0.1, 0.15) is 5.56 Å². The Morgan fingerprint density at radius 3 is 2.64 bits per heavy atom. The van der Waals surface area contributed by atoms with Crippen molar-refractivity contribution in [2.75, 3.05) is 13.7 Å². The molecule has 0 aliphatic rings. The lowest BCUT2D eigenvalue weighted by atomic mass is 10.1. The molecule has 0 aromatic heterocycles. The fraction of sp³-hybridized carbons (Fsp3) is 0.200. The molecule has 0 fully saturated rings. The normalized spacial score (nSPS) is 10.0. The summed E-state index contributed by atoms with van der Waals surface area (Å²) < 4.78 is 30.7. The maximum Gasteiger partial charge on any atom is 0.201 e. The van der Waals surface area contributed by atoms with Crippen molar-refractivity contribution in [2.24, 2.45) is 5.73 Å².